The van der Waals surface area contributed by atoms with E-state index in [1.54, 1.807) is 0 Å². The Morgan fingerprint density at radius 2 is 1.93 bits per heavy atom. The van der Waals surface area contributed by atoms with Crippen molar-refractivity contribution in [3.05, 3.63) is 0 Å². The second kappa shape index (κ2) is 6.03. The largest absolute Gasteiger partial charge is 0.312 e. The molecule has 1 atom stereocenters. The molecule has 1 N–H and O–H groups in total. The van der Waals surface area contributed by atoms with Gasteiger partial charge in [-0.25, -0.2) is 0 Å². The van der Waals surface area contributed by atoms with E-state index in [0.717, 1.165) is 13.0 Å². The van der Waals surface area contributed by atoms with Crippen molar-refractivity contribution in [3.8, 4) is 6.07 Å². The minimum atomic E-state index is 0.308. The number of nitrogens with one attached hydrogen (secondary N) is 1. The van der Waals surface area contributed by atoms with Crippen molar-refractivity contribution in [1.29, 1.82) is 5.26 Å². The van der Waals surface area contributed by atoms with Crippen LogP contribution in [-0.4, -0.2) is 12.6 Å². The quantitative estimate of drug-likeness (QED) is 0.709. The average Bonchev–Trinajstić information content (AvgIpc) is 2.12. The van der Waals surface area contributed by atoms with Gasteiger partial charge in [0.05, 0.1) is 12.5 Å². The molecule has 2 nitrogen and oxygen atoms in total. The van der Waals surface area contributed by atoms with E-state index in [-0.39, 0.29) is 0 Å². The summed E-state index contributed by atoms with van der Waals surface area (Å²) in [7, 11) is 0. The molecule has 0 aliphatic rings. The molecule has 0 radical (unpaired) electrons. The molecular formula is C12H24N2. The van der Waals surface area contributed by atoms with E-state index in [1.165, 1.54) is 0 Å². The minimum absolute atomic E-state index is 0.308. The fraction of sp³-hybridized carbons (Fsp3) is 0.917. The summed E-state index contributed by atoms with van der Waals surface area (Å²) in [4.78, 5) is 0. The molecule has 1 unspecified atom stereocenters. The van der Waals surface area contributed by atoms with E-state index >= 15 is 0 Å². The van der Waals surface area contributed by atoms with Crippen molar-refractivity contribution in [2.75, 3.05) is 6.54 Å². The lowest BCUT2D eigenvalue weighted by molar-refractivity contribution is 0.227. The smallest absolute Gasteiger partial charge is 0.0638 e. The molecule has 14 heavy (non-hydrogen) atoms. The monoisotopic (exact) mass is 196 g/mol. The Hall–Kier alpha value is -0.550. The number of hydrogen-bond donors (Lipinski definition) is 1. The van der Waals surface area contributed by atoms with Crippen LogP contribution >= 0.6 is 0 Å². The molecule has 0 aromatic carbocycles. The average molecular weight is 196 g/mol. The maximum Gasteiger partial charge on any atom is 0.0638 e. The molecule has 0 aliphatic carbocycles. The van der Waals surface area contributed by atoms with Gasteiger partial charge >= 0.3 is 0 Å². The van der Waals surface area contributed by atoms with E-state index in [0.29, 0.717) is 23.8 Å². The highest BCUT2D eigenvalue weighted by Crippen LogP contribution is 2.24. The summed E-state index contributed by atoms with van der Waals surface area (Å²) >= 11 is 0. The van der Waals surface area contributed by atoms with Crippen molar-refractivity contribution in [3.63, 3.8) is 0 Å². The Morgan fingerprint density at radius 3 is 2.29 bits per heavy atom. The summed E-state index contributed by atoms with van der Waals surface area (Å²) in [5, 5.41) is 12.1. The van der Waals surface area contributed by atoms with Crippen LogP contribution < -0.4 is 5.32 Å². The molecule has 0 rings (SSSR count). The molecular weight excluding hydrogens is 172 g/mol. The standard InChI is InChI=1S/C12H24N2/c1-6-11(7-8-13)14-9-12(4,5)10(2)3/h10-11,14H,6-7,9H2,1-5H3. The molecule has 0 bridgehead atoms. The Labute approximate surface area is 88.7 Å². The first-order valence-corrected chi connectivity index (χ1v) is 5.54. The van der Waals surface area contributed by atoms with Crippen LogP contribution in [-0.2, 0) is 0 Å². The van der Waals surface area contributed by atoms with Gasteiger partial charge in [-0.3, -0.25) is 0 Å². The Morgan fingerprint density at radius 1 is 1.36 bits per heavy atom. The maximum atomic E-state index is 8.62. The molecule has 0 spiro atoms. The highest BCUT2D eigenvalue weighted by atomic mass is 14.9. The van der Waals surface area contributed by atoms with Crippen LogP contribution in [0.1, 0.15) is 47.5 Å². The Kier molecular flexibility index (Phi) is 5.79. The normalized spacial score (nSPS) is 14.1. The third-order valence-electron chi connectivity index (χ3n) is 3.24. The second-order valence-electron chi connectivity index (χ2n) is 4.99. The Bertz CT molecular complexity index is 189. The SMILES string of the molecule is CCC(CC#N)NCC(C)(C)C(C)C. The molecule has 0 heterocycles. The second-order valence-corrected chi connectivity index (χ2v) is 4.99. The van der Waals surface area contributed by atoms with Gasteiger partial charge in [-0.2, -0.15) is 5.26 Å². The molecule has 0 saturated heterocycles. The molecule has 82 valence electrons. The first-order valence-electron chi connectivity index (χ1n) is 5.54. The van der Waals surface area contributed by atoms with Crippen LogP contribution in [0.2, 0.25) is 0 Å². The summed E-state index contributed by atoms with van der Waals surface area (Å²) in [6.07, 6.45) is 1.65. The zero-order valence-electron chi connectivity index (χ0n) is 10.2. The van der Waals surface area contributed by atoms with Gasteiger partial charge in [-0.1, -0.05) is 34.6 Å². The minimum Gasteiger partial charge on any atom is -0.312 e. The van der Waals surface area contributed by atoms with Crippen LogP contribution in [0.25, 0.3) is 0 Å². The van der Waals surface area contributed by atoms with Gasteiger partial charge < -0.3 is 5.32 Å². The van der Waals surface area contributed by atoms with Gasteiger partial charge in [0, 0.05) is 12.6 Å². The van der Waals surface area contributed by atoms with Crippen molar-refractivity contribution >= 4 is 0 Å². The molecule has 0 amide bonds. The van der Waals surface area contributed by atoms with Gasteiger partial charge in [-0.05, 0) is 17.8 Å². The molecule has 0 aromatic rings. The summed E-state index contributed by atoms with van der Waals surface area (Å²) < 4.78 is 0. The third-order valence-corrected chi connectivity index (χ3v) is 3.24. The van der Waals surface area contributed by atoms with E-state index in [9.17, 15) is 0 Å². The van der Waals surface area contributed by atoms with E-state index in [4.69, 9.17) is 5.26 Å². The van der Waals surface area contributed by atoms with Crippen LogP contribution in [0, 0.1) is 22.7 Å². The maximum absolute atomic E-state index is 8.62. The summed E-state index contributed by atoms with van der Waals surface area (Å²) in [5.41, 5.74) is 0.308. The molecule has 2 heteroatoms. The summed E-state index contributed by atoms with van der Waals surface area (Å²) in [5.74, 6) is 0.662. The van der Waals surface area contributed by atoms with Crippen molar-refractivity contribution in [2.45, 2.75) is 53.5 Å². The van der Waals surface area contributed by atoms with Crippen LogP contribution in [0.15, 0.2) is 0 Å². The predicted molar refractivity (Wildman–Crippen MR) is 60.9 cm³/mol. The van der Waals surface area contributed by atoms with Crippen LogP contribution in [0.4, 0.5) is 0 Å². The van der Waals surface area contributed by atoms with Crippen molar-refractivity contribution in [2.24, 2.45) is 11.3 Å². The van der Waals surface area contributed by atoms with Crippen molar-refractivity contribution in [1.82, 2.24) is 5.32 Å². The first-order chi connectivity index (χ1) is 6.44. The zero-order chi connectivity index (χ0) is 11.2. The Balaban J connectivity index is 3.97. The lowest BCUT2D eigenvalue weighted by Crippen LogP contribution is -2.39. The van der Waals surface area contributed by atoms with Gasteiger partial charge in [-0.15, -0.1) is 0 Å². The molecule has 0 aliphatic heterocycles. The fourth-order valence-corrected chi connectivity index (χ4v) is 1.08. The van der Waals surface area contributed by atoms with Crippen LogP contribution in [0.5, 0.6) is 0 Å². The van der Waals surface area contributed by atoms with Gasteiger partial charge in [0.1, 0.15) is 0 Å². The summed E-state index contributed by atoms with van der Waals surface area (Å²) in [6, 6.07) is 2.58. The predicted octanol–water partition coefficient (Wildman–Crippen LogP) is 2.95. The molecule has 0 fully saturated rings. The number of rotatable bonds is 6. The number of nitrogens with zero attached hydrogens (tertiary/aromatic N) is 1. The van der Waals surface area contributed by atoms with E-state index in [1.807, 2.05) is 0 Å². The first kappa shape index (κ1) is 13.4. The molecule has 0 aromatic heterocycles. The van der Waals surface area contributed by atoms with Gasteiger partial charge in [0.15, 0.2) is 0 Å². The highest BCUT2D eigenvalue weighted by molar-refractivity contribution is 4.83. The zero-order valence-corrected chi connectivity index (χ0v) is 10.2. The van der Waals surface area contributed by atoms with Crippen LogP contribution in [0.3, 0.4) is 0 Å². The van der Waals surface area contributed by atoms with E-state index in [2.05, 4.69) is 46.0 Å². The van der Waals surface area contributed by atoms with Gasteiger partial charge in [0.2, 0.25) is 0 Å². The highest BCUT2D eigenvalue weighted by Gasteiger charge is 2.22. The summed E-state index contributed by atoms with van der Waals surface area (Å²) in [6.45, 7) is 12.1. The lowest BCUT2D eigenvalue weighted by atomic mass is 9.81. The number of hydrogen-bond acceptors (Lipinski definition) is 2. The van der Waals surface area contributed by atoms with Gasteiger partial charge in [0.25, 0.3) is 0 Å². The molecule has 0 saturated carbocycles. The topological polar surface area (TPSA) is 35.8 Å². The third kappa shape index (κ3) is 4.62. The fourth-order valence-electron chi connectivity index (χ4n) is 1.08. The number of nitriles is 1. The van der Waals surface area contributed by atoms with Crippen molar-refractivity contribution < 1.29 is 0 Å². The van der Waals surface area contributed by atoms with E-state index < -0.39 is 0 Å². The lowest BCUT2D eigenvalue weighted by Gasteiger charge is -2.31.